The lowest BCUT2D eigenvalue weighted by Crippen LogP contribution is -2.48. The maximum Gasteiger partial charge on any atom is 0.0723 e. The van der Waals surface area contributed by atoms with Crippen molar-refractivity contribution in [2.45, 2.75) is 69.6 Å². The van der Waals surface area contributed by atoms with E-state index in [1.165, 1.54) is 57.9 Å². The zero-order valence-electron chi connectivity index (χ0n) is 12.4. The molecule has 1 heterocycles. The normalized spacial score (nSPS) is 37.4. The summed E-state index contributed by atoms with van der Waals surface area (Å²) in [5.41, 5.74) is 0. The molecule has 110 valence electrons. The van der Waals surface area contributed by atoms with E-state index in [1.807, 2.05) is 7.11 Å². The molecule has 3 aliphatic rings. The molecule has 3 heteroatoms. The van der Waals surface area contributed by atoms with Crippen LogP contribution in [0.5, 0.6) is 0 Å². The minimum atomic E-state index is 0.459. The van der Waals surface area contributed by atoms with Crippen LogP contribution in [0.4, 0.5) is 0 Å². The Kier molecular flexibility index (Phi) is 4.78. The van der Waals surface area contributed by atoms with Gasteiger partial charge in [0.15, 0.2) is 0 Å². The molecule has 19 heavy (non-hydrogen) atoms. The number of hydrogen-bond acceptors (Lipinski definition) is 3. The molecule has 2 aliphatic carbocycles. The lowest BCUT2D eigenvalue weighted by molar-refractivity contribution is 0.0786. The SMILES string of the molecule is COC(CNC1CCCC1C1CCCCN1)C1CC1. The van der Waals surface area contributed by atoms with Crippen LogP contribution in [-0.4, -0.2) is 38.4 Å². The quantitative estimate of drug-likeness (QED) is 0.774. The van der Waals surface area contributed by atoms with E-state index in [2.05, 4.69) is 10.6 Å². The molecule has 1 aliphatic heterocycles. The summed E-state index contributed by atoms with van der Waals surface area (Å²) in [7, 11) is 1.87. The standard InChI is InChI=1S/C16H30N2O/c1-19-16(12-8-9-12)11-18-15-7-4-5-13(15)14-6-2-3-10-17-14/h12-18H,2-11H2,1H3. The zero-order valence-corrected chi connectivity index (χ0v) is 12.4. The van der Waals surface area contributed by atoms with Gasteiger partial charge in [-0.05, 0) is 56.9 Å². The Bertz CT molecular complexity index is 274. The van der Waals surface area contributed by atoms with Gasteiger partial charge in [0, 0.05) is 25.7 Å². The first-order chi connectivity index (χ1) is 9.38. The lowest BCUT2D eigenvalue weighted by Gasteiger charge is -2.33. The number of hydrogen-bond donors (Lipinski definition) is 2. The summed E-state index contributed by atoms with van der Waals surface area (Å²) in [6, 6.07) is 1.50. The summed E-state index contributed by atoms with van der Waals surface area (Å²) in [6.07, 6.45) is 11.6. The predicted molar refractivity (Wildman–Crippen MR) is 78.3 cm³/mol. The highest BCUT2D eigenvalue weighted by Gasteiger charge is 2.36. The Morgan fingerprint density at radius 1 is 1.11 bits per heavy atom. The molecule has 0 aromatic heterocycles. The first-order valence-electron chi connectivity index (χ1n) is 8.38. The van der Waals surface area contributed by atoms with Gasteiger partial charge in [0.1, 0.15) is 0 Å². The van der Waals surface area contributed by atoms with Gasteiger partial charge >= 0.3 is 0 Å². The second-order valence-corrected chi connectivity index (χ2v) is 6.78. The van der Waals surface area contributed by atoms with Crippen molar-refractivity contribution >= 4 is 0 Å². The van der Waals surface area contributed by atoms with Crippen molar-refractivity contribution in [3.05, 3.63) is 0 Å². The molecule has 3 rings (SSSR count). The molecule has 0 aromatic carbocycles. The van der Waals surface area contributed by atoms with E-state index in [0.29, 0.717) is 6.10 Å². The van der Waals surface area contributed by atoms with E-state index in [1.54, 1.807) is 0 Å². The Morgan fingerprint density at radius 3 is 2.68 bits per heavy atom. The molecule has 3 nitrogen and oxygen atoms in total. The largest absolute Gasteiger partial charge is 0.380 e. The highest BCUT2D eigenvalue weighted by molar-refractivity contribution is 4.93. The molecule has 2 N–H and O–H groups in total. The first kappa shape index (κ1) is 13.8. The summed E-state index contributed by atoms with van der Waals surface area (Å²) >= 11 is 0. The van der Waals surface area contributed by atoms with Crippen molar-refractivity contribution in [2.75, 3.05) is 20.2 Å². The molecule has 2 saturated carbocycles. The molecule has 0 radical (unpaired) electrons. The summed E-state index contributed by atoms with van der Waals surface area (Å²) in [4.78, 5) is 0. The summed E-state index contributed by atoms with van der Waals surface area (Å²) in [5.74, 6) is 1.70. The Hall–Kier alpha value is -0.120. The third kappa shape index (κ3) is 3.50. The Labute approximate surface area is 117 Å². The van der Waals surface area contributed by atoms with Crippen LogP contribution < -0.4 is 10.6 Å². The number of ether oxygens (including phenoxy) is 1. The molecule has 0 spiro atoms. The minimum Gasteiger partial charge on any atom is -0.380 e. The van der Waals surface area contributed by atoms with Crippen LogP contribution in [0.25, 0.3) is 0 Å². The molecule has 0 aromatic rings. The minimum absolute atomic E-state index is 0.459. The van der Waals surface area contributed by atoms with Gasteiger partial charge in [-0.25, -0.2) is 0 Å². The number of rotatable bonds is 6. The van der Waals surface area contributed by atoms with Gasteiger partial charge in [0.25, 0.3) is 0 Å². The fraction of sp³-hybridized carbons (Fsp3) is 1.00. The van der Waals surface area contributed by atoms with E-state index < -0.39 is 0 Å². The van der Waals surface area contributed by atoms with E-state index >= 15 is 0 Å². The van der Waals surface area contributed by atoms with Gasteiger partial charge in [-0.15, -0.1) is 0 Å². The highest BCUT2D eigenvalue weighted by Crippen LogP contribution is 2.35. The number of nitrogens with one attached hydrogen (secondary N) is 2. The van der Waals surface area contributed by atoms with Gasteiger partial charge in [0.05, 0.1) is 6.10 Å². The zero-order chi connectivity index (χ0) is 13.1. The number of methoxy groups -OCH3 is 1. The maximum atomic E-state index is 5.64. The molecule has 0 bridgehead atoms. The van der Waals surface area contributed by atoms with E-state index in [4.69, 9.17) is 4.74 Å². The van der Waals surface area contributed by atoms with Crippen molar-refractivity contribution in [1.29, 1.82) is 0 Å². The monoisotopic (exact) mass is 266 g/mol. The Balaban J connectivity index is 1.48. The predicted octanol–water partition coefficient (Wildman–Crippen LogP) is 2.31. The van der Waals surface area contributed by atoms with Crippen LogP contribution >= 0.6 is 0 Å². The maximum absolute atomic E-state index is 5.64. The van der Waals surface area contributed by atoms with E-state index in [0.717, 1.165) is 30.5 Å². The third-order valence-corrected chi connectivity index (χ3v) is 5.47. The second-order valence-electron chi connectivity index (χ2n) is 6.78. The van der Waals surface area contributed by atoms with Gasteiger partial charge in [0.2, 0.25) is 0 Å². The van der Waals surface area contributed by atoms with Gasteiger partial charge in [-0.2, -0.15) is 0 Å². The average Bonchev–Trinajstić information content (AvgIpc) is 3.18. The van der Waals surface area contributed by atoms with Crippen LogP contribution in [-0.2, 0) is 4.74 Å². The van der Waals surface area contributed by atoms with Gasteiger partial charge < -0.3 is 15.4 Å². The first-order valence-corrected chi connectivity index (χ1v) is 8.38. The van der Waals surface area contributed by atoms with Crippen molar-refractivity contribution in [1.82, 2.24) is 10.6 Å². The molecular formula is C16H30N2O. The number of piperidine rings is 1. The molecule has 0 amide bonds. The van der Waals surface area contributed by atoms with Crippen molar-refractivity contribution in [3.8, 4) is 0 Å². The van der Waals surface area contributed by atoms with Crippen LogP contribution in [0, 0.1) is 11.8 Å². The van der Waals surface area contributed by atoms with Crippen molar-refractivity contribution in [3.63, 3.8) is 0 Å². The van der Waals surface area contributed by atoms with Crippen LogP contribution in [0.15, 0.2) is 0 Å². The summed E-state index contributed by atoms with van der Waals surface area (Å²) in [5, 5.41) is 7.59. The summed E-state index contributed by atoms with van der Waals surface area (Å²) < 4.78 is 5.64. The molecule has 4 unspecified atom stereocenters. The fourth-order valence-electron chi connectivity index (χ4n) is 4.15. The van der Waals surface area contributed by atoms with Crippen LogP contribution in [0.3, 0.4) is 0 Å². The highest BCUT2D eigenvalue weighted by atomic mass is 16.5. The van der Waals surface area contributed by atoms with Gasteiger partial charge in [-0.3, -0.25) is 0 Å². The average molecular weight is 266 g/mol. The van der Waals surface area contributed by atoms with Crippen molar-refractivity contribution in [2.24, 2.45) is 11.8 Å². The third-order valence-electron chi connectivity index (χ3n) is 5.47. The van der Waals surface area contributed by atoms with Crippen LogP contribution in [0.2, 0.25) is 0 Å². The van der Waals surface area contributed by atoms with Crippen molar-refractivity contribution < 1.29 is 4.74 Å². The smallest absolute Gasteiger partial charge is 0.0723 e. The van der Waals surface area contributed by atoms with Gasteiger partial charge in [-0.1, -0.05) is 12.8 Å². The molecule has 1 saturated heterocycles. The Morgan fingerprint density at radius 2 is 2.00 bits per heavy atom. The molecule has 4 atom stereocenters. The van der Waals surface area contributed by atoms with E-state index in [-0.39, 0.29) is 0 Å². The molecular weight excluding hydrogens is 236 g/mol. The molecule has 3 fully saturated rings. The topological polar surface area (TPSA) is 33.3 Å². The second kappa shape index (κ2) is 6.55. The summed E-state index contributed by atoms with van der Waals surface area (Å²) in [6.45, 7) is 2.30. The lowest BCUT2D eigenvalue weighted by atomic mass is 9.88. The fourth-order valence-corrected chi connectivity index (χ4v) is 4.15. The van der Waals surface area contributed by atoms with Crippen LogP contribution in [0.1, 0.15) is 51.4 Å². The van der Waals surface area contributed by atoms with E-state index in [9.17, 15) is 0 Å².